The van der Waals surface area contributed by atoms with Crippen molar-refractivity contribution in [1.82, 2.24) is 20.0 Å². The summed E-state index contributed by atoms with van der Waals surface area (Å²) < 4.78 is 1.82. The summed E-state index contributed by atoms with van der Waals surface area (Å²) >= 11 is 0. The molecule has 1 N–H and O–H groups in total. The molecule has 5 heteroatoms. The molecule has 29 heavy (non-hydrogen) atoms. The van der Waals surface area contributed by atoms with Crippen molar-refractivity contribution in [3.8, 4) is 5.69 Å². The summed E-state index contributed by atoms with van der Waals surface area (Å²) in [5.74, 6) is -0.104. The predicted octanol–water partition coefficient (Wildman–Crippen LogP) is 3.97. The topological polar surface area (TPSA) is 50.2 Å². The first-order valence-electron chi connectivity index (χ1n) is 10.4. The summed E-state index contributed by atoms with van der Waals surface area (Å²) in [7, 11) is 0. The van der Waals surface area contributed by atoms with Gasteiger partial charge in [0, 0.05) is 24.8 Å². The second-order valence-electron chi connectivity index (χ2n) is 7.73. The lowest BCUT2D eigenvalue weighted by Gasteiger charge is -2.35. The van der Waals surface area contributed by atoms with Gasteiger partial charge in [0.05, 0.1) is 5.69 Å². The molecule has 1 fully saturated rings. The number of hydrogen-bond donors (Lipinski definition) is 1. The van der Waals surface area contributed by atoms with Crippen LogP contribution in [-0.2, 0) is 6.54 Å². The highest BCUT2D eigenvalue weighted by atomic mass is 16.1. The van der Waals surface area contributed by atoms with E-state index in [1.54, 1.807) is 0 Å². The third-order valence-electron chi connectivity index (χ3n) is 5.60. The molecule has 3 aromatic rings. The number of para-hydroxylation sites is 1. The standard InChI is InChI=1S/C24H28N4O/c1-19-16-23(26-28(19)21-12-6-3-7-13-21)24(29)25-17-22-14-8-9-15-27(22)18-20-10-4-2-5-11-20/h2-7,10-13,16,22H,8-9,14-15,17-18H2,1H3,(H,25,29). The van der Waals surface area contributed by atoms with E-state index in [-0.39, 0.29) is 5.91 Å². The fourth-order valence-corrected chi connectivity index (χ4v) is 4.03. The second kappa shape index (κ2) is 9.05. The van der Waals surface area contributed by atoms with Gasteiger partial charge in [0.2, 0.25) is 0 Å². The Morgan fingerprint density at radius 3 is 2.55 bits per heavy atom. The van der Waals surface area contributed by atoms with Crippen LogP contribution in [0.5, 0.6) is 0 Å². The number of aromatic nitrogens is 2. The zero-order valence-electron chi connectivity index (χ0n) is 16.9. The molecule has 1 aliphatic rings. The first-order chi connectivity index (χ1) is 14.2. The van der Waals surface area contributed by atoms with Crippen molar-refractivity contribution in [2.45, 2.75) is 38.8 Å². The van der Waals surface area contributed by atoms with Gasteiger partial charge in [0.15, 0.2) is 5.69 Å². The van der Waals surface area contributed by atoms with Gasteiger partial charge in [-0.05, 0) is 50.1 Å². The molecule has 0 bridgehead atoms. The number of aryl methyl sites for hydroxylation is 1. The Bertz CT molecular complexity index is 936. The molecule has 2 heterocycles. The fourth-order valence-electron chi connectivity index (χ4n) is 4.03. The van der Waals surface area contributed by atoms with Crippen molar-refractivity contribution >= 4 is 5.91 Å². The van der Waals surface area contributed by atoms with Crippen molar-refractivity contribution in [3.05, 3.63) is 83.7 Å². The van der Waals surface area contributed by atoms with Crippen LogP contribution in [0.2, 0.25) is 0 Å². The monoisotopic (exact) mass is 388 g/mol. The van der Waals surface area contributed by atoms with E-state index >= 15 is 0 Å². The molecule has 0 spiro atoms. The maximum atomic E-state index is 12.7. The zero-order chi connectivity index (χ0) is 20.1. The lowest BCUT2D eigenvalue weighted by Crippen LogP contribution is -2.46. The molecule has 1 amide bonds. The Hall–Kier alpha value is -2.92. The Balaban J connectivity index is 1.39. The number of carbonyl (C=O) groups excluding carboxylic acids is 1. The van der Waals surface area contributed by atoms with Gasteiger partial charge in [0.1, 0.15) is 0 Å². The van der Waals surface area contributed by atoms with Crippen LogP contribution >= 0.6 is 0 Å². The van der Waals surface area contributed by atoms with E-state index in [0.29, 0.717) is 18.3 Å². The van der Waals surface area contributed by atoms with Gasteiger partial charge in [-0.2, -0.15) is 5.10 Å². The molecule has 5 nitrogen and oxygen atoms in total. The zero-order valence-corrected chi connectivity index (χ0v) is 16.9. The van der Waals surface area contributed by atoms with E-state index in [1.165, 1.54) is 18.4 Å². The smallest absolute Gasteiger partial charge is 0.271 e. The van der Waals surface area contributed by atoms with E-state index < -0.39 is 0 Å². The summed E-state index contributed by atoms with van der Waals surface area (Å²) in [6, 6.07) is 22.7. The lowest BCUT2D eigenvalue weighted by molar-refractivity contribution is 0.0902. The number of amides is 1. The summed E-state index contributed by atoms with van der Waals surface area (Å²) in [4.78, 5) is 15.2. The Labute approximate surface area is 172 Å². The quantitative estimate of drug-likeness (QED) is 0.695. The van der Waals surface area contributed by atoms with Crippen LogP contribution < -0.4 is 5.32 Å². The summed E-state index contributed by atoms with van der Waals surface area (Å²) in [5, 5.41) is 7.64. The number of carbonyl (C=O) groups is 1. The van der Waals surface area contributed by atoms with Gasteiger partial charge in [-0.1, -0.05) is 55.0 Å². The van der Waals surface area contributed by atoms with E-state index in [9.17, 15) is 4.79 Å². The van der Waals surface area contributed by atoms with Gasteiger partial charge >= 0.3 is 0 Å². The number of nitrogens with one attached hydrogen (secondary N) is 1. The van der Waals surface area contributed by atoms with E-state index in [0.717, 1.165) is 30.9 Å². The summed E-state index contributed by atoms with van der Waals surface area (Å²) in [6.07, 6.45) is 3.55. The lowest BCUT2D eigenvalue weighted by atomic mass is 10.0. The number of hydrogen-bond acceptors (Lipinski definition) is 3. The second-order valence-corrected chi connectivity index (χ2v) is 7.73. The molecule has 1 unspecified atom stereocenters. The highest BCUT2D eigenvalue weighted by molar-refractivity contribution is 5.92. The van der Waals surface area contributed by atoms with Crippen molar-refractivity contribution in [3.63, 3.8) is 0 Å². The van der Waals surface area contributed by atoms with Crippen LogP contribution in [0.25, 0.3) is 5.69 Å². The number of piperidine rings is 1. The first kappa shape index (κ1) is 19.4. The van der Waals surface area contributed by atoms with Crippen molar-refractivity contribution < 1.29 is 4.79 Å². The molecule has 1 saturated heterocycles. The summed E-state index contributed by atoms with van der Waals surface area (Å²) in [6.45, 7) is 4.64. The van der Waals surface area contributed by atoms with Crippen molar-refractivity contribution in [1.29, 1.82) is 0 Å². The van der Waals surface area contributed by atoms with Crippen LogP contribution in [0.1, 0.15) is 41.0 Å². The molecule has 0 radical (unpaired) electrons. The van der Waals surface area contributed by atoms with Crippen LogP contribution in [0, 0.1) is 6.92 Å². The number of benzene rings is 2. The molecule has 1 atom stereocenters. The Morgan fingerprint density at radius 2 is 1.79 bits per heavy atom. The highest BCUT2D eigenvalue weighted by Gasteiger charge is 2.23. The maximum absolute atomic E-state index is 12.7. The third-order valence-corrected chi connectivity index (χ3v) is 5.60. The van der Waals surface area contributed by atoms with Gasteiger partial charge in [-0.3, -0.25) is 9.69 Å². The average Bonchev–Trinajstić information content (AvgIpc) is 3.16. The Morgan fingerprint density at radius 1 is 1.07 bits per heavy atom. The SMILES string of the molecule is Cc1cc(C(=O)NCC2CCCCN2Cc2ccccc2)nn1-c1ccccc1. The third kappa shape index (κ3) is 4.74. The minimum atomic E-state index is -0.104. The van der Waals surface area contributed by atoms with Crippen LogP contribution in [0.3, 0.4) is 0 Å². The minimum absolute atomic E-state index is 0.104. The molecule has 0 saturated carbocycles. The van der Waals surface area contributed by atoms with Crippen molar-refractivity contribution in [2.24, 2.45) is 0 Å². The molecule has 150 valence electrons. The molecule has 0 aliphatic carbocycles. The van der Waals surface area contributed by atoms with Gasteiger partial charge in [0.25, 0.3) is 5.91 Å². The molecular weight excluding hydrogens is 360 g/mol. The van der Waals surface area contributed by atoms with Crippen LogP contribution in [-0.4, -0.2) is 39.7 Å². The molecule has 1 aromatic heterocycles. The maximum Gasteiger partial charge on any atom is 0.271 e. The minimum Gasteiger partial charge on any atom is -0.349 e. The largest absolute Gasteiger partial charge is 0.349 e. The normalized spacial score (nSPS) is 17.2. The number of rotatable bonds is 6. The van der Waals surface area contributed by atoms with Gasteiger partial charge < -0.3 is 5.32 Å². The van der Waals surface area contributed by atoms with Crippen molar-refractivity contribution in [2.75, 3.05) is 13.1 Å². The van der Waals surface area contributed by atoms with Gasteiger partial charge in [-0.25, -0.2) is 4.68 Å². The van der Waals surface area contributed by atoms with Gasteiger partial charge in [-0.15, -0.1) is 0 Å². The number of likely N-dealkylation sites (tertiary alicyclic amines) is 1. The fraction of sp³-hybridized carbons (Fsp3) is 0.333. The molecule has 2 aromatic carbocycles. The van der Waals surface area contributed by atoms with Crippen LogP contribution in [0.15, 0.2) is 66.7 Å². The number of nitrogens with zero attached hydrogens (tertiary/aromatic N) is 3. The Kier molecular flexibility index (Phi) is 6.06. The van der Waals surface area contributed by atoms with E-state index in [4.69, 9.17) is 0 Å². The van der Waals surface area contributed by atoms with Crippen LogP contribution in [0.4, 0.5) is 0 Å². The summed E-state index contributed by atoms with van der Waals surface area (Å²) in [5.41, 5.74) is 3.70. The predicted molar refractivity (Wildman–Crippen MR) is 115 cm³/mol. The molecule has 4 rings (SSSR count). The molecule has 1 aliphatic heterocycles. The van der Waals surface area contributed by atoms with E-state index in [1.807, 2.05) is 54.1 Å². The van der Waals surface area contributed by atoms with E-state index in [2.05, 4.69) is 39.6 Å². The molecular formula is C24H28N4O. The highest BCUT2D eigenvalue weighted by Crippen LogP contribution is 2.19. The average molecular weight is 389 g/mol. The first-order valence-corrected chi connectivity index (χ1v) is 10.4.